The van der Waals surface area contributed by atoms with E-state index in [1.807, 2.05) is 4.90 Å². The van der Waals surface area contributed by atoms with Crippen LogP contribution in [0.2, 0.25) is 0 Å². The first kappa shape index (κ1) is 16.0. The number of methoxy groups -OCH3 is 1. The van der Waals surface area contributed by atoms with Gasteiger partial charge in [0.15, 0.2) is 0 Å². The maximum absolute atomic E-state index is 12.4. The third-order valence-electron chi connectivity index (χ3n) is 4.30. The molecule has 6 nitrogen and oxygen atoms in total. The third kappa shape index (κ3) is 3.72. The highest BCUT2D eigenvalue weighted by Crippen LogP contribution is 2.32. The Morgan fingerprint density at radius 2 is 2.04 bits per heavy atom. The second kappa shape index (κ2) is 6.70. The zero-order valence-corrected chi connectivity index (χ0v) is 13.9. The molecule has 7 heteroatoms. The Morgan fingerprint density at radius 3 is 2.74 bits per heavy atom. The Bertz CT molecular complexity index is 623. The molecule has 3 rings (SSSR count). The van der Waals surface area contributed by atoms with Crippen LogP contribution in [0, 0.1) is 11.8 Å². The van der Waals surface area contributed by atoms with Gasteiger partial charge in [-0.1, -0.05) is 0 Å². The van der Waals surface area contributed by atoms with E-state index < -0.39 is 5.97 Å². The highest BCUT2D eigenvalue weighted by Gasteiger charge is 2.36. The predicted octanol–water partition coefficient (Wildman–Crippen LogP) is 2.12. The number of ether oxygens (including phenoxy) is 1. The maximum atomic E-state index is 12.4. The van der Waals surface area contributed by atoms with Crippen LogP contribution in [0.25, 0.3) is 0 Å². The largest absolute Gasteiger partial charge is 0.465 e. The van der Waals surface area contributed by atoms with Crippen molar-refractivity contribution in [1.29, 1.82) is 0 Å². The highest BCUT2D eigenvalue weighted by molar-refractivity contribution is 7.14. The quantitative estimate of drug-likeness (QED) is 0.855. The van der Waals surface area contributed by atoms with Gasteiger partial charge in [0.1, 0.15) is 0 Å². The SMILES string of the molecule is COC(=O)c1csc(NC(=O)[C@@H]2CCCN(C(=O)C3CC3)C2)c1. The van der Waals surface area contributed by atoms with Crippen LogP contribution in [0.1, 0.15) is 36.0 Å². The topological polar surface area (TPSA) is 75.7 Å². The van der Waals surface area contributed by atoms with E-state index in [4.69, 9.17) is 0 Å². The van der Waals surface area contributed by atoms with Gasteiger partial charge in [-0.15, -0.1) is 11.3 Å². The summed E-state index contributed by atoms with van der Waals surface area (Å²) in [7, 11) is 1.33. The second-order valence-electron chi connectivity index (χ2n) is 6.08. The fourth-order valence-electron chi connectivity index (χ4n) is 2.83. The van der Waals surface area contributed by atoms with E-state index in [1.165, 1.54) is 18.4 Å². The number of rotatable bonds is 4. The molecule has 0 unspecified atom stereocenters. The summed E-state index contributed by atoms with van der Waals surface area (Å²) in [5.41, 5.74) is 0.432. The van der Waals surface area contributed by atoms with Gasteiger partial charge >= 0.3 is 5.97 Å². The molecule has 1 saturated heterocycles. The third-order valence-corrected chi connectivity index (χ3v) is 5.14. The minimum atomic E-state index is -0.416. The number of nitrogens with one attached hydrogen (secondary N) is 1. The van der Waals surface area contributed by atoms with Crippen LogP contribution < -0.4 is 5.32 Å². The van der Waals surface area contributed by atoms with Crippen LogP contribution in [0.4, 0.5) is 5.00 Å². The van der Waals surface area contributed by atoms with Crippen molar-refractivity contribution < 1.29 is 19.1 Å². The lowest BCUT2D eigenvalue weighted by atomic mass is 9.97. The number of thiophene rings is 1. The fraction of sp³-hybridized carbons (Fsp3) is 0.562. The average Bonchev–Trinajstić information content (AvgIpc) is 3.33. The van der Waals surface area contributed by atoms with Crippen LogP contribution in [0.3, 0.4) is 0 Å². The van der Waals surface area contributed by atoms with Crippen molar-refractivity contribution in [2.24, 2.45) is 11.8 Å². The molecule has 0 aromatic carbocycles. The summed E-state index contributed by atoms with van der Waals surface area (Å²) in [6, 6.07) is 1.62. The van der Waals surface area contributed by atoms with Crippen molar-refractivity contribution in [3.8, 4) is 0 Å². The first-order valence-corrected chi connectivity index (χ1v) is 8.73. The molecule has 1 saturated carbocycles. The van der Waals surface area contributed by atoms with E-state index in [1.54, 1.807) is 11.4 Å². The standard InChI is InChI=1S/C16H20N2O4S/c1-22-16(21)12-7-13(23-9-12)17-14(19)11-3-2-6-18(8-11)15(20)10-4-5-10/h7,9-11H,2-6,8H2,1H3,(H,17,19)/t11-/m1/s1. The molecular weight excluding hydrogens is 316 g/mol. The fourth-order valence-corrected chi connectivity index (χ4v) is 3.60. The molecule has 0 bridgehead atoms. The number of hydrogen-bond acceptors (Lipinski definition) is 5. The summed E-state index contributed by atoms with van der Waals surface area (Å²) < 4.78 is 4.65. The molecule has 23 heavy (non-hydrogen) atoms. The molecule has 1 N–H and O–H groups in total. The zero-order valence-electron chi connectivity index (χ0n) is 13.0. The van der Waals surface area contributed by atoms with E-state index in [0.29, 0.717) is 17.1 Å². The molecular formula is C16H20N2O4S. The van der Waals surface area contributed by atoms with Crippen molar-refractivity contribution in [1.82, 2.24) is 4.90 Å². The van der Waals surface area contributed by atoms with E-state index in [9.17, 15) is 14.4 Å². The van der Waals surface area contributed by atoms with Crippen LogP contribution in [0.5, 0.6) is 0 Å². The normalized spacial score (nSPS) is 20.9. The minimum absolute atomic E-state index is 0.0865. The number of likely N-dealkylation sites (tertiary alicyclic amines) is 1. The summed E-state index contributed by atoms with van der Waals surface area (Å²) in [4.78, 5) is 37.8. The lowest BCUT2D eigenvalue weighted by molar-refractivity contribution is -0.135. The second-order valence-corrected chi connectivity index (χ2v) is 6.99. The van der Waals surface area contributed by atoms with Gasteiger partial charge in [-0.05, 0) is 31.7 Å². The van der Waals surface area contributed by atoms with E-state index in [2.05, 4.69) is 10.1 Å². The number of anilines is 1. The molecule has 2 amide bonds. The van der Waals surface area contributed by atoms with Gasteiger partial charge in [0.05, 0.1) is 23.6 Å². The Labute approximate surface area is 138 Å². The van der Waals surface area contributed by atoms with Crippen LogP contribution in [-0.4, -0.2) is 42.9 Å². The van der Waals surface area contributed by atoms with Gasteiger partial charge in [-0.25, -0.2) is 4.79 Å². The van der Waals surface area contributed by atoms with Gasteiger partial charge in [0.25, 0.3) is 0 Å². The van der Waals surface area contributed by atoms with E-state index >= 15 is 0 Å². The number of nitrogens with zero attached hydrogens (tertiary/aromatic N) is 1. The van der Waals surface area contributed by atoms with Crippen LogP contribution in [0.15, 0.2) is 11.4 Å². The molecule has 2 fully saturated rings. The first-order valence-electron chi connectivity index (χ1n) is 7.85. The van der Waals surface area contributed by atoms with Gasteiger partial charge in [0, 0.05) is 24.4 Å². The number of esters is 1. The van der Waals surface area contributed by atoms with Gasteiger partial charge in [-0.2, -0.15) is 0 Å². The molecule has 0 radical (unpaired) electrons. The lowest BCUT2D eigenvalue weighted by Gasteiger charge is -2.32. The number of piperidine rings is 1. The van der Waals surface area contributed by atoms with Crippen molar-refractivity contribution >= 4 is 34.1 Å². The summed E-state index contributed by atoms with van der Waals surface area (Å²) in [5, 5.41) is 5.13. The van der Waals surface area contributed by atoms with Crippen molar-refractivity contribution in [3.05, 3.63) is 17.0 Å². The molecule has 1 aliphatic heterocycles. The highest BCUT2D eigenvalue weighted by atomic mass is 32.1. The average molecular weight is 336 g/mol. The Morgan fingerprint density at radius 1 is 1.26 bits per heavy atom. The number of amides is 2. The smallest absolute Gasteiger partial charge is 0.338 e. The predicted molar refractivity (Wildman–Crippen MR) is 86.3 cm³/mol. The van der Waals surface area contributed by atoms with E-state index in [0.717, 1.165) is 32.2 Å². The monoisotopic (exact) mass is 336 g/mol. The molecule has 2 heterocycles. The Balaban J connectivity index is 1.57. The van der Waals surface area contributed by atoms with Crippen molar-refractivity contribution in [2.75, 3.05) is 25.5 Å². The molecule has 1 aromatic heterocycles. The number of carbonyl (C=O) groups excluding carboxylic acids is 3. The Hall–Kier alpha value is -1.89. The molecule has 1 aromatic rings. The number of hydrogen-bond donors (Lipinski definition) is 1. The first-order chi connectivity index (χ1) is 11.1. The molecule has 0 spiro atoms. The van der Waals surface area contributed by atoms with Crippen molar-refractivity contribution in [2.45, 2.75) is 25.7 Å². The molecule has 124 valence electrons. The van der Waals surface area contributed by atoms with Gasteiger partial charge in [0.2, 0.25) is 11.8 Å². The maximum Gasteiger partial charge on any atom is 0.338 e. The summed E-state index contributed by atoms with van der Waals surface area (Å²) in [6.45, 7) is 1.25. The molecule has 2 aliphatic rings. The minimum Gasteiger partial charge on any atom is -0.465 e. The number of carbonyl (C=O) groups is 3. The van der Waals surface area contributed by atoms with Crippen LogP contribution in [-0.2, 0) is 14.3 Å². The van der Waals surface area contributed by atoms with Crippen LogP contribution >= 0.6 is 11.3 Å². The van der Waals surface area contributed by atoms with Crippen molar-refractivity contribution in [3.63, 3.8) is 0 Å². The zero-order chi connectivity index (χ0) is 16.4. The lowest BCUT2D eigenvalue weighted by Crippen LogP contribution is -2.44. The van der Waals surface area contributed by atoms with E-state index in [-0.39, 0.29) is 23.7 Å². The summed E-state index contributed by atoms with van der Waals surface area (Å²) in [6.07, 6.45) is 3.61. The van der Waals surface area contributed by atoms with Gasteiger partial charge in [-0.3, -0.25) is 9.59 Å². The van der Waals surface area contributed by atoms with Gasteiger partial charge < -0.3 is 15.0 Å². The summed E-state index contributed by atoms with van der Waals surface area (Å²) in [5.74, 6) is -0.296. The molecule has 1 aliphatic carbocycles. The molecule has 1 atom stereocenters. The summed E-state index contributed by atoms with van der Waals surface area (Å²) >= 11 is 1.29. The Kier molecular flexibility index (Phi) is 4.66.